The predicted octanol–water partition coefficient (Wildman–Crippen LogP) is 5.23. The number of para-hydroxylation sites is 1. The van der Waals surface area contributed by atoms with Gasteiger partial charge in [-0.3, -0.25) is 4.79 Å². The van der Waals surface area contributed by atoms with Crippen LogP contribution in [0.4, 0.5) is 0 Å². The van der Waals surface area contributed by atoms with Crippen molar-refractivity contribution in [3.63, 3.8) is 0 Å². The smallest absolute Gasteiger partial charge is 0.344 e. The molecule has 174 valence electrons. The summed E-state index contributed by atoms with van der Waals surface area (Å²) in [5.41, 5.74) is 0.460. The minimum atomic E-state index is -0.632. The van der Waals surface area contributed by atoms with E-state index in [-0.39, 0.29) is 23.5 Å². The van der Waals surface area contributed by atoms with Crippen molar-refractivity contribution in [2.45, 2.75) is 6.92 Å². The molecular weight excluding hydrogens is 448 g/mol. The van der Waals surface area contributed by atoms with Crippen LogP contribution in [-0.4, -0.2) is 19.0 Å². The molecular formula is C28H20O7. The summed E-state index contributed by atoms with van der Waals surface area (Å²) in [5.74, 6) is 0.646. The Bertz CT molecular complexity index is 1660. The SMILES string of the molecule is CCOc1cccc2cc(-c3cc(=O)oc4cc(OCC(=O)c5ccccc5)ccc34)c(=O)oc12. The van der Waals surface area contributed by atoms with E-state index in [0.717, 1.165) is 0 Å². The number of Topliss-reactive ketones (excluding diaryl/α,β-unsaturated/α-hetero) is 1. The highest BCUT2D eigenvalue weighted by Crippen LogP contribution is 2.32. The van der Waals surface area contributed by atoms with Gasteiger partial charge in [-0.05, 0) is 31.2 Å². The lowest BCUT2D eigenvalue weighted by molar-refractivity contribution is 0.0921. The van der Waals surface area contributed by atoms with Crippen LogP contribution in [0.15, 0.2) is 97.3 Å². The first-order valence-corrected chi connectivity index (χ1v) is 11.0. The van der Waals surface area contributed by atoms with Gasteiger partial charge in [-0.15, -0.1) is 0 Å². The molecule has 0 atom stereocenters. The van der Waals surface area contributed by atoms with Gasteiger partial charge in [0.05, 0.1) is 12.2 Å². The number of hydrogen-bond donors (Lipinski definition) is 0. The third kappa shape index (κ3) is 4.44. The van der Waals surface area contributed by atoms with Gasteiger partial charge in [0.25, 0.3) is 0 Å². The van der Waals surface area contributed by atoms with Gasteiger partial charge in [-0.25, -0.2) is 9.59 Å². The van der Waals surface area contributed by atoms with Crippen molar-refractivity contribution in [1.82, 2.24) is 0 Å². The molecule has 0 spiro atoms. The zero-order chi connectivity index (χ0) is 24.4. The van der Waals surface area contributed by atoms with Crippen molar-refractivity contribution in [2.24, 2.45) is 0 Å². The molecule has 0 saturated carbocycles. The summed E-state index contributed by atoms with van der Waals surface area (Å²) in [6, 6.07) is 21.9. The summed E-state index contributed by atoms with van der Waals surface area (Å²) in [4.78, 5) is 37.6. The van der Waals surface area contributed by atoms with Crippen LogP contribution in [0.5, 0.6) is 11.5 Å². The fourth-order valence-corrected chi connectivity index (χ4v) is 3.89. The second kappa shape index (κ2) is 9.30. The molecule has 5 rings (SSSR count). The van der Waals surface area contributed by atoms with E-state index in [0.29, 0.717) is 45.6 Å². The summed E-state index contributed by atoms with van der Waals surface area (Å²) in [7, 11) is 0. The molecule has 35 heavy (non-hydrogen) atoms. The number of fused-ring (bicyclic) bond motifs is 2. The number of ether oxygens (including phenoxy) is 2. The van der Waals surface area contributed by atoms with E-state index in [9.17, 15) is 14.4 Å². The molecule has 2 aromatic heterocycles. The van der Waals surface area contributed by atoms with Crippen molar-refractivity contribution < 1.29 is 23.1 Å². The maximum absolute atomic E-state index is 12.9. The van der Waals surface area contributed by atoms with Crippen LogP contribution in [0.1, 0.15) is 17.3 Å². The molecule has 0 fully saturated rings. The van der Waals surface area contributed by atoms with Crippen LogP contribution in [0.3, 0.4) is 0 Å². The second-order valence-electron chi connectivity index (χ2n) is 7.77. The third-order valence-electron chi connectivity index (χ3n) is 5.50. The molecule has 5 aromatic rings. The van der Waals surface area contributed by atoms with Gasteiger partial charge >= 0.3 is 11.3 Å². The average molecular weight is 468 g/mol. The van der Waals surface area contributed by atoms with E-state index in [2.05, 4.69) is 0 Å². The molecule has 7 nitrogen and oxygen atoms in total. The number of carbonyl (C=O) groups is 1. The molecule has 0 amide bonds. The molecule has 0 unspecified atom stereocenters. The number of ketones is 1. The Kier molecular flexibility index (Phi) is 5.89. The van der Waals surface area contributed by atoms with E-state index >= 15 is 0 Å². The minimum Gasteiger partial charge on any atom is -0.490 e. The molecule has 0 N–H and O–H groups in total. The fraction of sp³-hybridized carbons (Fsp3) is 0.107. The fourth-order valence-electron chi connectivity index (χ4n) is 3.89. The summed E-state index contributed by atoms with van der Waals surface area (Å²) in [6.07, 6.45) is 0. The lowest BCUT2D eigenvalue weighted by Gasteiger charge is -2.10. The van der Waals surface area contributed by atoms with Gasteiger partial charge in [0, 0.05) is 34.0 Å². The molecule has 0 radical (unpaired) electrons. The normalized spacial score (nSPS) is 11.0. The Labute approximate surface area is 199 Å². The standard InChI is InChI=1S/C28H20O7/c1-2-32-24-10-6-9-18-13-22(28(31)35-27(18)24)21-15-26(30)34-25-14-19(11-12-20(21)25)33-16-23(29)17-7-4-3-5-8-17/h3-15H,2,16H2,1H3. The Balaban J connectivity index is 1.52. The summed E-state index contributed by atoms with van der Waals surface area (Å²) < 4.78 is 22.1. The predicted molar refractivity (Wildman–Crippen MR) is 131 cm³/mol. The van der Waals surface area contributed by atoms with Gasteiger partial charge in [0.2, 0.25) is 0 Å². The molecule has 0 bridgehead atoms. The van der Waals surface area contributed by atoms with E-state index < -0.39 is 11.3 Å². The van der Waals surface area contributed by atoms with Gasteiger partial charge < -0.3 is 18.3 Å². The summed E-state index contributed by atoms with van der Waals surface area (Å²) in [6.45, 7) is 2.10. The largest absolute Gasteiger partial charge is 0.490 e. The van der Waals surface area contributed by atoms with Crippen molar-refractivity contribution in [2.75, 3.05) is 13.2 Å². The minimum absolute atomic E-state index is 0.171. The van der Waals surface area contributed by atoms with E-state index in [1.165, 1.54) is 12.1 Å². The number of hydrogen-bond acceptors (Lipinski definition) is 7. The number of carbonyl (C=O) groups excluding carboxylic acids is 1. The molecule has 0 aliphatic heterocycles. The molecule has 3 aromatic carbocycles. The highest BCUT2D eigenvalue weighted by atomic mass is 16.5. The van der Waals surface area contributed by atoms with Gasteiger partial charge in [0.15, 0.2) is 23.7 Å². The van der Waals surface area contributed by atoms with Crippen LogP contribution >= 0.6 is 0 Å². The molecule has 7 heteroatoms. The van der Waals surface area contributed by atoms with E-state index in [4.69, 9.17) is 18.3 Å². The molecule has 0 aliphatic rings. The van der Waals surface area contributed by atoms with Crippen LogP contribution in [-0.2, 0) is 0 Å². The second-order valence-corrected chi connectivity index (χ2v) is 7.77. The Morgan fingerprint density at radius 3 is 2.46 bits per heavy atom. The zero-order valence-electron chi connectivity index (χ0n) is 18.8. The zero-order valence-corrected chi connectivity index (χ0v) is 18.8. The van der Waals surface area contributed by atoms with E-state index in [1.807, 2.05) is 13.0 Å². The van der Waals surface area contributed by atoms with Crippen LogP contribution < -0.4 is 20.7 Å². The Morgan fingerprint density at radius 1 is 0.829 bits per heavy atom. The van der Waals surface area contributed by atoms with Gasteiger partial charge in [-0.2, -0.15) is 0 Å². The average Bonchev–Trinajstić information content (AvgIpc) is 2.87. The summed E-state index contributed by atoms with van der Waals surface area (Å²) in [5, 5.41) is 1.19. The first-order valence-electron chi connectivity index (χ1n) is 11.0. The van der Waals surface area contributed by atoms with Gasteiger partial charge in [-0.1, -0.05) is 42.5 Å². The monoisotopic (exact) mass is 468 g/mol. The summed E-state index contributed by atoms with van der Waals surface area (Å²) >= 11 is 0. The highest BCUT2D eigenvalue weighted by Gasteiger charge is 2.16. The first-order chi connectivity index (χ1) is 17.0. The highest BCUT2D eigenvalue weighted by molar-refractivity contribution is 5.98. The van der Waals surface area contributed by atoms with Gasteiger partial charge in [0.1, 0.15) is 11.3 Å². The van der Waals surface area contributed by atoms with Crippen molar-refractivity contribution in [3.05, 3.63) is 105 Å². The Morgan fingerprint density at radius 2 is 1.66 bits per heavy atom. The quantitative estimate of drug-likeness (QED) is 0.238. The molecule has 0 aliphatic carbocycles. The lowest BCUT2D eigenvalue weighted by Crippen LogP contribution is -2.11. The van der Waals surface area contributed by atoms with Crippen LogP contribution in [0, 0.1) is 0 Å². The van der Waals surface area contributed by atoms with Crippen LogP contribution in [0.2, 0.25) is 0 Å². The molecule has 0 saturated heterocycles. The maximum atomic E-state index is 12.9. The van der Waals surface area contributed by atoms with E-state index in [1.54, 1.807) is 60.7 Å². The maximum Gasteiger partial charge on any atom is 0.344 e. The van der Waals surface area contributed by atoms with Crippen molar-refractivity contribution in [3.8, 4) is 22.6 Å². The van der Waals surface area contributed by atoms with Crippen LogP contribution in [0.25, 0.3) is 33.1 Å². The Hall–Kier alpha value is -4.65. The first kappa shape index (κ1) is 22.2. The topological polar surface area (TPSA) is 96.0 Å². The number of benzene rings is 3. The molecule has 2 heterocycles. The number of rotatable bonds is 7. The van der Waals surface area contributed by atoms with Crippen molar-refractivity contribution >= 4 is 27.7 Å². The third-order valence-corrected chi connectivity index (χ3v) is 5.50. The lowest BCUT2D eigenvalue weighted by atomic mass is 10.0. The van der Waals surface area contributed by atoms with Crippen molar-refractivity contribution in [1.29, 1.82) is 0 Å².